The second-order valence-corrected chi connectivity index (χ2v) is 5.78. The maximum absolute atomic E-state index is 3.63. The first kappa shape index (κ1) is 15.2. The zero-order chi connectivity index (χ0) is 13.6. The van der Waals surface area contributed by atoms with Crippen molar-refractivity contribution in [1.82, 2.24) is 10.2 Å². The Balaban J connectivity index is 2.82. The molecule has 0 bridgehead atoms. The van der Waals surface area contributed by atoms with E-state index in [1.165, 1.54) is 5.56 Å². The molecule has 0 aromatic heterocycles. The van der Waals surface area contributed by atoms with Crippen LogP contribution in [0.5, 0.6) is 0 Å². The Kier molecular flexibility index (Phi) is 5.83. The molecule has 0 aliphatic carbocycles. The Morgan fingerprint density at radius 2 is 1.61 bits per heavy atom. The van der Waals surface area contributed by atoms with Gasteiger partial charge in [0.2, 0.25) is 0 Å². The highest BCUT2D eigenvalue weighted by Gasteiger charge is 2.20. The highest BCUT2D eigenvalue weighted by molar-refractivity contribution is 5.19. The fourth-order valence-corrected chi connectivity index (χ4v) is 2.20. The van der Waals surface area contributed by atoms with Crippen molar-refractivity contribution < 1.29 is 0 Å². The molecule has 0 saturated heterocycles. The van der Waals surface area contributed by atoms with E-state index in [4.69, 9.17) is 0 Å². The number of hydrogen-bond acceptors (Lipinski definition) is 2. The lowest BCUT2D eigenvalue weighted by molar-refractivity contribution is 0.201. The van der Waals surface area contributed by atoms with Crippen molar-refractivity contribution >= 4 is 0 Å². The Bertz CT molecular complexity index is 323. The van der Waals surface area contributed by atoms with Crippen LogP contribution < -0.4 is 5.32 Å². The smallest absolute Gasteiger partial charge is 0.0472 e. The van der Waals surface area contributed by atoms with Gasteiger partial charge in [-0.3, -0.25) is 4.90 Å². The summed E-state index contributed by atoms with van der Waals surface area (Å²) in [6.07, 6.45) is 0. The van der Waals surface area contributed by atoms with Gasteiger partial charge in [-0.2, -0.15) is 0 Å². The van der Waals surface area contributed by atoms with E-state index in [0.29, 0.717) is 6.04 Å². The molecule has 18 heavy (non-hydrogen) atoms. The van der Waals surface area contributed by atoms with Gasteiger partial charge in [-0.05, 0) is 39.4 Å². The van der Waals surface area contributed by atoms with Gasteiger partial charge in [0.1, 0.15) is 0 Å². The lowest BCUT2D eigenvalue weighted by atomic mass is 10.0. The molecule has 2 heteroatoms. The molecule has 1 atom stereocenters. The summed E-state index contributed by atoms with van der Waals surface area (Å²) >= 11 is 0. The summed E-state index contributed by atoms with van der Waals surface area (Å²) in [5.74, 6) is 0. The summed E-state index contributed by atoms with van der Waals surface area (Å²) in [6.45, 7) is 14.3. The van der Waals surface area contributed by atoms with Gasteiger partial charge >= 0.3 is 0 Å². The summed E-state index contributed by atoms with van der Waals surface area (Å²) < 4.78 is 0. The molecule has 0 amide bonds. The van der Waals surface area contributed by atoms with Crippen LogP contribution in [0.3, 0.4) is 0 Å². The average molecular weight is 248 g/mol. The highest BCUT2D eigenvalue weighted by Crippen LogP contribution is 2.20. The van der Waals surface area contributed by atoms with Crippen molar-refractivity contribution in [2.24, 2.45) is 0 Å². The van der Waals surface area contributed by atoms with Crippen LogP contribution in [0.15, 0.2) is 30.3 Å². The van der Waals surface area contributed by atoms with Crippen molar-refractivity contribution in [2.75, 3.05) is 19.6 Å². The Morgan fingerprint density at radius 1 is 1.06 bits per heavy atom. The van der Waals surface area contributed by atoms with Crippen LogP contribution >= 0.6 is 0 Å². The Labute approximate surface area is 112 Å². The molecule has 1 aromatic carbocycles. The third-order valence-corrected chi connectivity index (χ3v) is 3.26. The molecular formula is C16H28N2. The molecule has 0 heterocycles. The summed E-state index contributed by atoms with van der Waals surface area (Å²) in [7, 11) is 0. The first-order valence-corrected chi connectivity index (χ1v) is 7.02. The topological polar surface area (TPSA) is 15.3 Å². The van der Waals surface area contributed by atoms with E-state index >= 15 is 0 Å². The molecule has 1 rings (SSSR count). The van der Waals surface area contributed by atoms with Gasteiger partial charge < -0.3 is 5.32 Å². The molecule has 2 nitrogen and oxygen atoms in total. The largest absolute Gasteiger partial charge is 0.310 e. The zero-order valence-corrected chi connectivity index (χ0v) is 12.5. The first-order valence-electron chi connectivity index (χ1n) is 7.02. The van der Waals surface area contributed by atoms with Crippen LogP contribution in [0, 0.1) is 0 Å². The predicted octanol–water partition coefficient (Wildman–Crippen LogP) is 3.46. The van der Waals surface area contributed by atoms with E-state index in [-0.39, 0.29) is 5.54 Å². The number of nitrogens with zero attached hydrogens (tertiary/aromatic N) is 1. The molecule has 0 fully saturated rings. The second-order valence-electron chi connectivity index (χ2n) is 5.78. The van der Waals surface area contributed by atoms with Crippen molar-refractivity contribution in [2.45, 2.75) is 46.2 Å². The zero-order valence-electron chi connectivity index (χ0n) is 12.5. The van der Waals surface area contributed by atoms with Crippen molar-refractivity contribution in [3.05, 3.63) is 35.9 Å². The van der Waals surface area contributed by atoms with Gasteiger partial charge in [0.15, 0.2) is 0 Å². The summed E-state index contributed by atoms with van der Waals surface area (Å²) in [4.78, 5) is 2.51. The van der Waals surface area contributed by atoms with E-state index in [2.05, 4.69) is 75.2 Å². The van der Waals surface area contributed by atoms with Gasteiger partial charge in [-0.15, -0.1) is 0 Å². The number of nitrogens with one attached hydrogen (secondary N) is 1. The van der Waals surface area contributed by atoms with Crippen molar-refractivity contribution in [1.29, 1.82) is 0 Å². The lowest BCUT2D eigenvalue weighted by Gasteiger charge is -2.33. The minimum Gasteiger partial charge on any atom is -0.310 e. The van der Waals surface area contributed by atoms with Crippen LogP contribution in [0.2, 0.25) is 0 Å². The third kappa shape index (κ3) is 4.79. The number of hydrogen-bond donors (Lipinski definition) is 1. The molecule has 102 valence electrons. The fourth-order valence-electron chi connectivity index (χ4n) is 2.20. The molecule has 1 unspecified atom stereocenters. The highest BCUT2D eigenvalue weighted by atomic mass is 15.2. The summed E-state index contributed by atoms with van der Waals surface area (Å²) in [5, 5.41) is 3.63. The van der Waals surface area contributed by atoms with Gasteiger partial charge in [-0.25, -0.2) is 0 Å². The monoisotopic (exact) mass is 248 g/mol. The van der Waals surface area contributed by atoms with Crippen LogP contribution in [0.4, 0.5) is 0 Å². The van der Waals surface area contributed by atoms with Gasteiger partial charge in [0.25, 0.3) is 0 Å². The van der Waals surface area contributed by atoms with Gasteiger partial charge in [0, 0.05) is 18.1 Å². The van der Waals surface area contributed by atoms with Gasteiger partial charge in [-0.1, -0.05) is 44.2 Å². The number of likely N-dealkylation sites (N-methyl/N-ethyl adjacent to an activating group) is 1. The molecule has 0 aliphatic heterocycles. The van der Waals surface area contributed by atoms with Crippen LogP contribution in [-0.2, 0) is 0 Å². The fraction of sp³-hybridized carbons (Fsp3) is 0.625. The van der Waals surface area contributed by atoms with E-state index < -0.39 is 0 Å². The first-order chi connectivity index (χ1) is 8.48. The summed E-state index contributed by atoms with van der Waals surface area (Å²) in [5.41, 5.74) is 1.57. The van der Waals surface area contributed by atoms with Crippen LogP contribution in [0.1, 0.15) is 46.2 Å². The third-order valence-electron chi connectivity index (χ3n) is 3.26. The molecule has 0 aliphatic rings. The van der Waals surface area contributed by atoms with E-state index in [1.54, 1.807) is 0 Å². The average Bonchev–Trinajstić information content (AvgIpc) is 2.34. The second kappa shape index (κ2) is 6.91. The quantitative estimate of drug-likeness (QED) is 0.829. The lowest BCUT2D eigenvalue weighted by Crippen LogP contribution is -2.43. The van der Waals surface area contributed by atoms with Gasteiger partial charge in [0.05, 0.1) is 0 Å². The van der Waals surface area contributed by atoms with Crippen molar-refractivity contribution in [3.63, 3.8) is 0 Å². The summed E-state index contributed by atoms with van der Waals surface area (Å²) in [6, 6.07) is 11.3. The Hall–Kier alpha value is -0.860. The molecule has 0 radical (unpaired) electrons. The van der Waals surface area contributed by atoms with E-state index in [0.717, 1.165) is 19.6 Å². The SMILES string of the molecule is CCN(CC)C(CNC(C)(C)C)c1ccccc1. The predicted molar refractivity (Wildman–Crippen MR) is 79.9 cm³/mol. The van der Waals surface area contributed by atoms with E-state index in [9.17, 15) is 0 Å². The minimum atomic E-state index is 0.167. The molecule has 1 aromatic rings. The molecule has 1 N–H and O–H groups in total. The standard InChI is InChI=1S/C16H28N2/c1-6-18(7-2)15(13-17-16(3,4)5)14-11-9-8-10-12-14/h8-12,15,17H,6-7,13H2,1-5H3. The van der Waals surface area contributed by atoms with E-state index in [1.807, 2.05) is 0 Å². The minimum absolute atomic E-state index is 0.167. The maximum Gasteiger partial charge on any atom is 0.0472 e. The molecule has 0 spiro atoms. The number of rotatable bonds is 6. The van der Waals surface area contributed by atoms with Crippen molar-refractivity contribution in [3.8, 4) is 0 Å². The maximum atomic E-state index is 3.63. The van der Waals surface area contributed by atoms with Crippen LogP contribution in [-0.4, -0.2) is 30.1 Å². The molecule has 0 saturated carbocycles. The molecular weight excluding hydrogens is 220 g/mol. The Morgan fingerprint density at radius 3 is 2.06 bits per heavy atom. The van der Waals surface area contributed by atoms with Crippen LogP contribution in [0.25, 0.3) is 0 Å². The number of benzene rings is 1. The normalized spacial score (nSPS) is 13.9.